The zero-order chi connectivity index (χ0) is 28.8. The lowest BCUT2D eigenvalue weighted by Gasteiger charge is -2.29. The summed E-state index contributed by atoms with van der Waals surface area (Å²) >= 11 is 1.74. The van der Waals surface area contributed by atoms with Crippen molar-refractivity contribution in [3.8, 4) is 0 Å². The van der Waals surface area contributed by atoms with E-state index >= 15 is 0 Å². The average molecular weight is 585 g/mol. The largest absolute Gasteiger partial charge is 0.374 e. The van der Waals surface area contributed by atoms with Crippen molar-refractivity contribution in [1.82, 2.24) is 0 Å². The molecule has 5 nitrogen and oxygen atoms in total. The lowest BCUT2D eigenvalue weighted by molar-refractivity contribution is -0.138. The third kappa shape index (κ3) is 9.01. The number of benzene rings is 4. The van der Waals surface area contributed by atoms with Crippen molar-refractivity contribution in [2.24, 2.45) is 0 Å². The molecule has 5 rings (SSSR count). The van der Waals surface area contributed by atoms with E-state index in [1.54, 1.807) is 11.8 Å². The minimum atomic E-state index is -0.377. The van der Waals surface area contributed by atoms with E-state index in [0.717, 1.165) is 28.0 Å². The van der Waals surface area contributed by atoms with Crippen molar-refractivity contribution < 1.29 is 23.7 Å². The normalized spacial score (nSPS) is 20.9. The van der Waals surface area contributed by atoms with Crippen LogP contribution < -0.4 is 0 Å². The Labute approximate surface area is 254 Å². The van der Waals surface area contributed by atoms with Crippen LogP contribution in [0, 0.1) is 0 Å². The molecule has 1 fully saturated rings. The molecule has 1 aliphatic heterocycles. The zero-order valence-corrected chi connectivity index (χ0v) is 24.9. The number of hydrogen-bond acceptors (Lipinski definition) is 6. The highest BCUT2D eigenvalue weighted by Gasteiger charge is 2.50. The standard InChI is InChI=1S/C36H40O5S/c1-2-42-36-35(40-26-31-21-13-6-14-22-31)34(39-25-30-19-11-5-12-20-30)33(41-36)32(38-24-29-17-9-4-10-18-29)27-37-23-28-15-7-3-8-16-28/h3-22,32-36H,2,23-27H2,1H3/t32?,33-,34?,35?,36+/m0/s1. The van der Waals surface area contributed by atoms with Crippen molar-refractivity contribution >= 4 is 11.8 Å². The van der Waals surface area contributed by atoms with E-state index in [2.05, 4.69) is 55.5 Å². The maximum atomic E-state index is 6.77. The predicted molar refractivity (Wildman–Crippen MR) is 168 cm³/mol. The van der Waals surface area contributed by atoms with E-state index in [0.29, 0.717) is 33.0 Å². The van der Waals surface area contributed by atoms with E-state index in [1.807, 2.05) is 72.8 Å². The second kappa shape index (κ2) is 16.6. The third-order valence-electron chi connectivity index (χ3n) is 7.18. The fourth-order valence-corrected chi connectivity index (χ4v) is 5.99. The second-order valence-corrected chi connectivity index (χ2v) is 11.7. The van der Waals surface area contributed by atoms with Crippen molar-refractivity contribution in [1.29, 1.82) is 0 Å². The molecule has 5 atom stereocenters. The molecule has 42 heavy (non-hydrogen) atoms. The van der Waals surface area contributed by atoms with Crippen LogP contribution >= 0.6 is 11.8 Å². The first-order valence-corrected chi connectivity index (χ1v) is 15.7. The summed E-state index contributed by atoms with van der Waals surface area (Å²) in [7, 11) is 0. The van der Waals surface area contributed by atoms with Gasteiger partial charge in [0, 0.05) is 0 Å². The molecule has 1 aliphatic rings. The van der Waals surface area contributed by atoms with Gasteiger partial charge in [0.1, 0.15) is 29.9 Å². The van der Waals surface area contributed by atoms with Gasteiger partial charge in [-0.1, -0.05) is 128 Å². The number of hydrogen-bond donors (Lipinski definition) is 0. The molecule has 0 aromatic heterocycles. The van der Waals surface area contributed by atoms with Gasteiger partial charge in [0.15, 0.2) is 0 Å². The highest BCUT2D eigenvalue weighted by Crippen LogP contribution is 2.37. The molecule has 0 bridgehead atoms. The Morgan fingerprint density at radius 2 is 1.05 bits per heavy atom. The van der Waals surface area contributed by atoms with Crippen LogP contribution in [0.2, 0.25) is 0 Å². The predicted octanol–water partition coefficient (Wildman–Crippen LogP) is 7.44. The molecule has 6 heteroatoms. The van der Waals surface area contributed by atoms with Crippen molar-refractivity contribution in [2.45, 2.75) is 63.2 Å². The van der Waals surface area contributed by atoms with E-state index in [9.17, 15) is 0 Å². The summed E-state index contributed by atoms with van der Waals surface area (Å²) in [4.78, 5) is 0. The van der Waals surface area contributed by atoms with Crippen LogP contribution in [0.25, 0.3) is 0 Å². The maximum absolute atomic E-state index is 6.77. The summed E-state index contributed by atoms with van der Waals surface area (Å²) in [6, 6.07) is 40.9. The molecule has 0 saturated carbocycles. The van der Waals surface area contributed by atoms with E-state index in [-0.39, 0.29) is 29.9 Å². The molecule has 1 saturated heterocycles. The third-order valence-corrected chi connectivity index (χ3v) is 8.22. The molecular formula is C36H40O5S. The average Bonchev–Trinajstić information content (AvgIpc) is 3.39. The monoisotopic (exact) mass is 584 g/mol. The van der Waals surface area contributed by atoms with Crippen LogP contribution in [0.15, 0.2) is 121 Å². The first-order chi connectivity index (χ1) is 20.8. The van der Waals surface area contributed by atoms with Gasteiger partial charge in [-0.05, 0) is 28.0 Å². The van der Waals surface area contributed by atoms with Gasteiger partial charge in [-0.2, -0.15) is 0 Å². The number of thioether (sulfide) groups is 1. The molecular weight excluding hydrogens is 544 g/mol. The lowest BCUT2D eigenvalue weighted by atomic mass is 10.1. The van der Waals surface area contributed by atoms with E-state index in [4.69, 9.17) is 23.7 Å². The number of rotatable bonds is 16. The molecule has 4 aromatic rings. The molecule has 0 aliphatic carbocycles. The Bertz CT molecular complexity index is 1280. The van der Waals surface area contributed by atoms with Crippen LogP contribution in [0.1, 0.15) is 29.2 Å². The molecule has 4 aromatic carbocycles. The first-order valence-electron chi connectivity index (χ1n) is 14.7. The Morgan fingerprint density at radius 1 is 0.595 bits per heavy atom. The van der Waals surface area contributed by atoms with Gasteiger partial charge in [0.25, 0.3) is 0 Å². The molecule has 3 unspecified atom stereocenters. The quantitative estimate of drug-likeness (QED) is 0.136. The topological polar surface area (TPSA) is 46.2 Å². The van der Waals surface area contributed by atoms with Crippen molar-refractivity contribution in [2.75, 3.05) is 12.4 Å². The highest BCUT2D eigenvalue weighted by molar-refractivity contribution is 7.99. The van der Waals surface area contributed by atoms with Gasteiger partial charge in [-0.25, -0.2) is 0 Å². The van der Waals surface area contributed by atoms with Crippen LogP contribution in [0.3, 0.4) is 0 Å². The van der Waals surface area contributed by atoms with Gasteiger partial charge in [-0.15, -0.1) is 11.8 Å². The SMILES string of the molecule is CCS[C@H]1O[C@@H](C(COCc2ccccc2)OCc2ccccc2)C(OCc2ccccc2)C1OCc1ccccc1. The van der Waals surface area contributed by atoms with Gasteiger partial charge in [-0.3, -0.25) is 0 Å². The summed E-state index contributed by atoms with van der Waals surface area (Å²) in [6.07, 6.45) is -1.36. The molecule has 0 radical (unpaired) electrons. The molecule has 0 amide bonds. The summed E-state index contributed by atoms with van der Waals surface area (Å²) in [6.45, 7) is 4.39. The molecule has 220 valence electrons. The molecule has 1 heterocycles. The Kier molecular flexibility index (Phi) is 12.1. The molecule has 0 N–H and O–H groups in total. The van der Waals surface area contributed by atoms with Crippen LogP contribution in [-0.2, 0) is 50.1 Å². The lowest BCUT2D eigenvalue weighted by Crippen LogP contribution is -2.44. The summed E-state index contributed by atoms with van der Waals surface area (Å²) < 4.78 is 32.9. The zero-order valence-electron chi connectivity index (χ0n) is 24.1. The van der Waals surface area contributed by atoms with Crippen molar-refractivity contribution in [3.05, 3.63) is 144 Å². The van der Waals surface area contributed by atoms with Crippen LogP contribution in [0.5, 0.6) is 0 Å². The fraction of sp³-hybridized carbons (Fsp3) is 0.333. The minimum Gasteiger partial charge on any atom is -0.374 e. The van der Waals surface area contributed by atoms with Crippen molar-refractivity contribution in [3.63, 3.8) is 0 Å². The smallest absolute Gasteiger partial charge is 0.132 e. The Morgan fingerprint density at radius 3 is 1.55 bits per heavy atom. The van der Waals surface area contributed by atoms with Gasteiger partial charge in [0.05, 0.1) is 33.0 Å². The maximum Gasteiger partial charge on any atom is 0.132 e. The molecule has 0 spiro atoms. The fourth-order valence-electron chi connectivity index (χ4n) is 5.03. The van der Waals surface area contributed by atoms with Gasteiger partial charge in [0.2, 0.25) is 0 Å². The Balaban J connectivity index is 1.37. The summed E-state index contributed by atoms with van der Waals surface area (Å²) in [5.74, 6) is 0.897. The summed E-state index contributed by atoms with van der Waals surface area (Å²) in [5, 5.41) is 0. The van der Waals surface area contributed by atoms with Gasteiger partial charge >= 0.3 is 0 Å². The minimum absolute atomic E-state index is 0.193. The van der Waals surface area contributed by atoms with Gasteiger partial charge < -0.3 is 23.7 Å². The van der Waals surface area contributed by atoms with E-state index in [1.165, 1.54) is 0 Å². The van der Waals surface area contributed by atoms with Crippen LogP contribution in [-0.4, -0.2) is 42.2 Å². The Hall–Kier alpha value is -2.97. The number of ether oxygens (including phenoxy) is 5. The highest BCUT2D eigenvalue weighted by atomic mass is 32.2. The van der Waals surface area contributed by atoms with Crippen LogP contribution in [0.4, 0.5) is 0 Å². The summed E-state index contributed by atoms with van der Waals surface area (Å²) in [5.41, 5.74) is 4.24. The van der Waals surface area contributed by atoms with E-state index < -0.39 is 0 Å². The first kappa shape index (κ1) is 30.5. The second-order valence-electron chi connectivity index (χ2n) is 10.3.